The van der Waals surface area contributed by atoms with E-state index in [1.807, 2.05) is 18.2 Å². The van der Waals surface area contributed by atoms with Crippen molar-refractivity contribution < 1.29 is 14.4 Å². The summed E-state index contributed by atoms with van der Waals surface area (Å²) in [4.78, 5) is 18.3. The number of Topliss-reactive ketones (excluding diaryl/α,β-unsaturated/α-hetero) is 1. The van der Waals surface area contributed by atoms with Crippen LogP contribution in [0.1, 0.15) is 43.7 Å². The highest BCUT2D eigenvalue weighted by Gasteiger charge is 2.55. The highest BCUT2D eigenvalue weighted by Crippen LogP contribution is 2.58. The van der Waals surface area contributed by atoms with Crippen LogP contribution in [0.15, 0.2) is 24.0 Å². The van der Waals surface area contributed by atoms with Crippen molar-refractivity contribution >= 4 is 11.4 Å². The molecule has 24 heavy (non-hydrogen) atoms. The molecule has 2 unspecified atom stereocenters. The number of carbonyl (C=O) groups is 1. The van der Waals surface area contributed by atoms with E-state index in [4.69, 9.17) is 15.5 Å². The smallest absolute Gasteiger partial charge is 0.170 e. The zero-order valence-corrected chi connectivity index (χ0v) is 14.4. The summed E-state index contributed by atoms with van der Waals surface area (Å²) >= 11 is 0. The molecule has 4 aliphatic rings. The summed E-state index contributed by atoms with van der Waals surface area (Å²) < 4.78 is 5.83. The van der Waals surface area contributed by atoms with Crippen molar-refractivity contribution in [3.05, 3.63) is 35.1 Å². The molecule has 0 saturated heterocycles. The number of ketones is 1. The van der Waals surface area contributed by atoms with Gasteiger partial charge in [-0.05, 0) is 67.2 Å². The molecular formula is C20H25NO3. The molecule has 2 bridgehead atoms. The third-order valence-electron chi connectivity index (χ3n) is 6.40. The van der Waals surface area contributed by atoms with Gasteiger partial charge in [0.15, 0.2) is 5.78 Å². The largest absolute Gasteiger partial charge is 0.500 e. The average molecular weight is 327 g/mol. The minimum Gasteiger partial charge on any atom is -0.500 e. The van der Waals surface area contributed by atoms with E-state index in [1.54, 1.807) is 7.11 Å². The van der Waals surface area contributed by atoms with Crippen LogP contribution >= 0.6 is 0 Å². The van der Waals surface area contributed by atoms with E-state index in [9.17, 15) is 4.79 Å². The fourth-order valence-corrected chi connectivity index (χ4v) is 5.33. The molecule has 0 amide bonds. The van der Waals surface area contributed by atoms with Crippen LogP contribution in [-0.2, 0) is 16.0 Å². The Morgan fingerprint density at radius 1 is 1.12 bits per heavy atom. The quantitative estimate of drug-likeness (QED) is 0.860. The van der Waals surface area contributed by atoms with Crippen LogP contribution in [0.5, 0.6) is 5.75 Å². The summed E-state index contributed by atoms with van der Waals surface area (Å²) in [5.74, 6) is 8.62. The van der Waals surface area contributed by atoms with E-state index in [2.05, 4.69) is 6.92 Å². The predicted molar refractivity (Wildman–Crippen MR) is 92.0 cm³/mol. The van der Waals surface area contributed by atoms with Gasteiger partial charge in [-0.1, -0.05) is 13.0 Å². The van der Waals surface area contributed by atoms with E-state index in [1.165, 1.54) is 25.7 Å². The lowest BCUT2D eigenvalue weighted by atomic mass is 9.59. The van der Waals surface area contributed by atoms with E-state index < -0.39 is 0 Å². The Balaban J connectivity index is 1.87. The van der Waals surface area contributed by atoms with Crippen molar-refractivity contribution in [3.63, 3.8) is 0 Å². The summed E-state index contributed by atoms with van der Waals surface area (Å²) in [5.41, 5.74) is 2.86. The lowest BCUT2D eigenvalue weighted by molar-refractivity contribution is -0.123. The van der Waals surface area contributed by atoms with Crippen molar-refractivity contribution in [2.75, 3.05) is 7.11 Å². The molecule has 4 aliphatic carbocycles. The lowest BCUT2D eigenvalue weighted by Gasteiger charge is -2.45. The summed E-state index contributed by atoms with van der Waals surface area (Å²) in [6, 6.07) is 5.75. The number of nitrogens with two attached hydrogens (primary N) is 1. The Bertz CT molecular complexity index is 701. The molecule has 128 valence electrons. The van der Waals surface area contributed by atoms with E-state index in [0.29, 0.717) is 17.6 Å². The molecule has 2 N–H and O–H groups in total. The highest BCUT2D eigenvalue weighted by molar-refractivity contribution is 6.25. The van der Waals surface area contributed by atoms with Crippen LogP contribution in [0.3, 0.4) is 0 Å². The number of aryl methyl sites for hydroxylation is 1. The molecule has 0 radical (unpaired) electrons. The number of carbonyl (C=O) groups excluding carboxylic acids is 1. The number of hydrogen-bond acceptors (Lipinski definition) is 4. The van der Waals surface area contributed by atoms with Gasteiger partial charge in [0.25, 0.3) is 0 Å². The molecule has 3 saturated carbocycles. The lowest BCUT2D eigenvalue weighted by Crippen LogP contribution is -2.41. The molecule has 0 heterocycles. The molecule has 1 aromatic rings. The van der Waals surface area contributed by atoms with Crippen LogP contribution in [0, 0.1) is 23.7 Å². The Morgan fingerprint density at radius 2 is 1.79 bits per heavy atom. The van der Waals surface area contributed by atoms with E-state index in [-0.39, 0.29) is 17.6 Å². The molecule has 4 nitrogen and oxygen atoms in total. The molecule has 2 atom stereocenters. The Kier molecular flexibility index (Phi) is 3.87. The first-order chi connectivity index (χ1) is 11.7. The van der Waals surface area contributed by atoms with Gasteiger partial charge >= 0.3 is 0 Å². The zero-order chi connectivity index (χ0) is 16.8. The Morgan fingerprint density at radius 3 is 2.38 bits per heavy atom. The van der Waals surface area contributed by atoms with Crippen molar-refractivity contribution in [2.24, 2.45) is 29.6 Å². The predicted octanol–water partition coefficient (Wildman–Crippen LogP) is 3.49. The molecule has 0 spiro atoms. The topological polar surface area (TPSA) is 61.6 Å². The number of rotatable bonds is 4. The van der Waals surface area contributed by atoms with Crippen molar-refractivity contribution in [3.8, 4) is 5.75 Å². The van der Waals surface area contributed by atoms with Gasteiger partial charge < -0.3 is 9.57 Å². The first kappa shape index (κ1) is 15.7. The molecule has 1 aromatic carbocycles. The number of ether oxygens (including phenoxy) is 1. The van der Waals surface area contributed by atoms with Gasteiger partial charge in [-0.25, -0.2) is 0 Å². The molecule has 5 rings (SSSR count). The minimum absolute atomic E-state index is 0.120. The fourth-order valence-electron chi connectivity index (χ4n) is 5.33. The minimum atomic E-state index is 0.120. The second kappa shape index (κ2) is 5.92. The number of allylic oxidation sites excluding steroid dienone is 2. The van der Waals surface area contributed by atoms with Crippen molar-refractivity contribution in [1.82, 2.24) is 0 Å². The normalized spacial score (nSPS) is 31.4. The molecule has 0 aliphatic heterocycles. The maximum Gasteiger partial charge on any atom is 0.170 e. The number of methoxy groups -OCH3 is 1. The van der Waals surface area contributed by atoms with Crippen LogP contribution in [0.4, 0.5) is 0 Å². The van der Waals surface area contributed by atoms with E-state index in [0.717, 1.165) is 28.9 Å². The standard InChI is InChI=1S/C20H25NO3/c1-3-11-8-9-14(24-21)10-15(11)18-19(22)16-12-4-6-13(7-5-12)17(16)20(18)23-2/h8-10,12-13,16-17H,3-7,21H2,1-2H3. The van der Waals surface area contributed by atoms with Gasteiger partial charge in [0, 0.05) is 11.8 Å². The molecule has 3 fully saturated rings. The first-order valence-corrected chi connectivity index (χ1v) is 9.02. The van der Waals surface area contributed by atoms with Crippen LogP contribution < -0.4 is 10.7 Å². The summed E-state index contributed by atoms with van der Waals surface area (Å²) in [6.07, 6.45) is 5.69. The summed E-state index contributed by atoms with van der Waals surface area (Å²) in [7, 11) is 1.71. The van der Waals surface area contributed by atoms with Crippen LogP contribution in [0.25, 0.3) is 5.57 Å². The van der Waals surface area contributed by atoms with Gasteiger partial charge in [-0.2, -0.15) is 5.90 Å². The highest BCUT2D eigenvalue weighted by atomic mass is 16.6. The molecule has 4 heteroatoms. The maximum absolute atomic E-state index is 13.4. The number of hydrogen-bond donors (Lipinski definition) is 1. The van der Waals surface area contributed by atoms with Gasteiger partial charge in [-0.3, -0.25) is 4.79 Å². The monoisotopic (exact) mass is 327 g/mol. The summed E-state index contributed by atoms with van der Waals surface area (Å²) in [5, 5.41) is 0. The fraction of sp³-hybridized carbons (Fsp3) is 0.550. The molecular weight excluding hydrogens is 302 g/mol. The third kappa shape index (κ3) is 2.12. The van der Waals surface area contributed by atoms with Gasteiger partial charge in [0.1, 0.15) is 11.5 Å². The van der Waals surface area contributed by atoms with Crippen LogP contribution in [-0.4, -0.2) is 12.9 Å². The second-order valence-corrected chi connectivity index (χ2v) is 7.32. The third-order valence-corrected chi connectivity index (χ3v) is 6.40. The zero-order valence-electron chi connectivity index (χ0n) is 14.4. The second-order valence-electron chi connectivity index (χ2n) is 7.32. The Hall–Kier alpha value is -1.81. The Labute approximate surface area is 143 Å². The van der Waals surface area contributed by atoms with Gasteiger partial charge in [0.05, 0.1) is 12.7 Å². The van der Waals surface area contributed by atoms with Crippen molar-refractivity contribution in [2.45, 2.75) is 39.0 Å². The van der Waals surface area contributed by atoms with Gasteiger partial charge in [-0.15, -0.1) is 0 Å². The number of benzene rings is 1. The van der Waals surface area contributed by atoms with E-state index >= 15 is 0 Å². The van der Waals surface area contributed by atoms with Gasteiger partial charge in [0.2, 0.25) is 0 Å². The average Bonchev–Trinajstić information content (AvgIpc) is 2.96. The van der Waals surface area contributed by atoms with Crippen LogP contribution in [0.2, 0.25) is 0 Å². The number of fused-ring (bicyclic) bond motifs is 2. The molecule has 0 aromatic heterocycles. The SMILES string of the molecule is CCc1ccc(ON)cc1C1=C(OC)C2C3CCC(CC3)C2C1=O. The first-order valence-electron chi connectivity index (χ1n) is 9.02. The summed E-state index contributed by atoms with van der Waals surface area (Å²) in [6.45, 7) is 2.10. The maximum atomic E-state index is 13.4. The van der Waals surface area contributed by atoms with Crippen molar-refractivity contribution in [1.29, 1.82) is 0 Å².